The van der Waals surface area contributed by atoms with Crippen LogP contribution >= 0.6 is 11.8 Å². The lowest BCUT2D eigenvalue weighted by Crippen LogP contribution is -2.38. The van der Waals surface area contributed by atoms with Crippen molar-refractivity contribution in [1.82, 2.24) is 5.32 Å². The normalized spacial score (nSPS) is 22.1. The molecule has 0 bridgehead atoms. The van der Waals surface area contributed by atoms with Crippen LogP contribution in [-0.2, 0) is 5.41 Å². The molecule has 1 aliphatic carbocycles. The summed E-state index contributed by atoms with van der Waals surface area (Å²) in [6.07, 6.45) is 4.70. The van der Waals surface area contributed by atoms with Gasteiger partial charge in [0.1, 0.15) is 0 Å². The maximum Gasteiger partial charge on any atom is 0.0324 e. The van der Waals surface area contributed by atoms with Crippen LogP contribution < -0.4 is 5.32 Å². The second-order valence-electron chi connectivity index (χ2n) is 6.91. The van der Waals surface area contributed by atoms with Gasteiger partial charge in [-0.2, -0.15) is 11.8 Å². The number of fused-ring (bicyclic) bond motifs is 1. The monoisotopic (exact) mass is 277 g/mol. The minimum Gasteiger partial charge on any atom is -0.309 e. The van der Waals surface area contributed by atoms with Crippen LogP contribution in [0.2, 0.25) is 0 Å². The Morgan fingerprint density at radius 1 is 1.32 bits per heavy atom. The summed E-state index contributed by atoms with van der Waals surface area (Å²) in [5.74, 6) is 0. The third-order valence-corrected chi connectivity index (χ3v) is 5.70. The molecular formula is C17H27NS. The first kappa shape index (κ1) is 14.9. The zero-order chi connectivity index (χ0) is 14.1. The Kier molecular flexibility index (Phi) is 4.32. The summed E-state index contributed by atoms with van der Waals surface area (Å²) < 4.78 is 0.307. The highest BCUT2D eigenvalue weighted by Crippen LogP contribution is 2.41. The fourth-order valence-corrected chi connectivity index (χ4v) is 3.09. The molecule has 0 radical (unpaired) electrons. The molecule has 1 atom stereocenters. The second kappa shape index (κ2) is 5.49. The van der Waals surface area contributed by atoms with Crippen molar-refractivity contribution in [2.75, 3.05) is 12.8 Å². The Balaban J connectivity index is 2.17. The standard InChI is InChI=1S/C17H27NS/c1-16(2)11-10-15(18-12-17(3,4)19-5)13-8-6-7-9-14(13)16/h6-9,15,18H,10-12H2,1-5H3. The van der Waals surface area contributed by atoms with Gasteiger partial charge in [0.05, 0.1) is 0 Å². The van der Waals surface area contributed by atoms with Crippen LogP contribution in [0.1, 0.15) is 57.7 Å². The lowest BCUT2D eigenvalue weighted by molar-refractivity contribution is 0.353. The maximum atomic E-state index is 3.79. The quantitative estimate of drug-likeness (QED) is 0.867. The molecule has 1 N–H and O–H groups in total. The van der Waals surface area contributed by atoms with Gasteiger partial charge >= 0.3 is 0 Å². The van der Waals surface area contributed by atoms with Gasteiger partial charge in [-0.3, -0.25) is 0 Å². The van der Waals surface area contributed by atoms with E-state index in [1.807, 2.05) is 11.8 Å². The van der Waals surface area contributed by atoms with Crippen molar-refractivity contribution in [2.45, 2.75) is 56.7 Å². The van der Waals surface area contributed by atoms with Gasteiger partial charge < -0.3 is 5.32 Å². The van der Waals surface area contributed by atoms with Gasteiger partial charge in [0.25, 0.3) is 0 Å². The number of hydrogen-bond acceptors (Lipinski definition) is 2. The average molecular weight is 277 g/mol. The molecule has 0 saturated heterocycles. The molecule has 0 saturated carbocycles. The van der Waals surface area contributed by atoms with Crippen LogP contribution in [-0.4, -0.2) is 17.5 Å². The minimum absolute atomic E-state index is 0.307. The van der Waals surface area contributed by atoms with Gasteiger partial charge in [-0.1, -0.05) is 38.1 Å². The molecule has 0 fully saturated rings. The number of thioether (sulfide) groups is 1. The Bertz CT molecular complexity index is 437. The topological polar surface area (TPSA) is 12.0 Å². The lowest BCUT2D eigenvalue weighted by atomic mass is 9.71. The van der Waals surface area contributed by atoms with Gasteiger partial charge in [-0.15, -0.1) is 0 Å². The Hall–Kier alpha value is -0.470. The number of benzene rings is 1. The molecule has 1 aromatic rings. The van der Waals surface area contributed by atoms with E-state index in [-0.39, 0.29) is 0 Å². The zero-order valence-electron chi connectivity index (χ0n) is 12.9. The molecule has 106 valence electrons. The Morgan fingerprint density at radius 2 is 2.00 bits per heavy atom. The molecule has 0 spiro atoms. The summed E-state index contributed by atoms with van der Waals surface area (Å²) in [5.41, 5.74) is 3.36. The minimum atomic E-state index is 0.307. The highest BCUT2D eigenvalue weighted by Gasteiger charge is 2.32. The van der Waals surface area contributed by atoms with Crippen LogP contribution in [0.3, 0.4) is 0 Å². The van der Waals surface area contributed by atoms with Crippen molar-refractivity contribution in [2.24, 2.45) is 0 Å². The smallest absolute Gasteiger partial charge is 0.0324 e. The van der Waals surface area contributed by atoms with Gasteiger partial charge in [-0.05, 0) is 49.5 Å². The molecule has 2 rings (SSSR count). The van der Waals surface area contributed by atoms with E-state index in [0.29, 0.717) is 16.2 Å². The van der Waals surface area contributed by atoms with Crippen LogP contribution in [0.15, 0.2) is 24.3 Å². The first-order valence-corrected chi connectivity index (χ1v) is 8.46. The SMILES string of the molecule is CSC(C)(C)CNC1CCC(C)(C)c2ccccc21. The third-order valence-electron chi connectivity index (χ3n) is 4.45. The Labute approximate surface area is 122 Å². The van der Waals surface area contributed by atoms with E-state index in [0.717, 1.165) is 6.54 Å². The molecule has 0 aromatic heterocycles. The van der Waals surface area contributed by atoms with E-state index in [4.69, 9.17) is 0 Å². The molecule has 1 aromatic carbocycles. The molecule has 0 amide bonds. The van der Waals surface area contributed by atoms with Crippen LogP contribution in [0.5, 0.6) is 0 Å². The lowest BCUT2D eigenvalue weighted by Gasteiger charge is -2.38. The molecular weight excluding hydrogens is 250 g/mol. The number of hydrogen-bond donors (Lipinski definition) is 1. The van der Waals surface area contributed by atoms with Crippen molar-refractivity contribution < 1.29 is 0 Å². The van der Waals surface area contributed by atoms with Crippen molar-refractivity contribution in [3.05, 3.63) is 35.4 Å². The number of nitrogens with one attached hydrogen (secondary N) is 1. The summed E-state index contributed by atoms with van der Waals surface area (Å²) >= 11 is 1.93. The molecule has 1 unspecified atom stereocenters. The van der Waals surface area contributed by atoms with E-state index in [1.54, 1.807) is 0 Å². The first-order chi connectivity index (χ1) is 8.86. The van der Waals surface area contributed by atoms with Crippen molar-refractivity contribution in [3.63, 3.8) is 0 Å². The van der Waals surface area contributed by atoms with Gasteiger partial charge in [0.2, 0.25) is 0 Å². The van der Waals surface area contributed by atoms with Crippen LogP contribution in [0.25, 0.3) is 0 Å². The summed E-state index contributed by atoms with van der Waals surface area (Å²) in [4.78, 5) is 0. The fourth-order valence-electron chi connectivity index (χ4n) is 2.87. The molecule has 1 nitrogen and oxygen atoms in total. The Morgan fingerprint density at radius 3 is 2.68 bits per heavy atom. The molecule has 19 heavy (non-hydrogen) atoms. The summed E-state index contributed by atoms with van der Waals surface area (Å²) in [5, 5.41) is 3.79. The van der Waals surface area contributed by atoms with E-state index in [1.165, 1.54) is 24.0 Å². The van der Waals surface area contributed by atoms with Gasteiger partial charge in [0.15, 0.2) is 0 Å². The highest BCUT2D eigenvalue weighted by atomic mass is 32.2. The molecule has 1 aliphatic rings. The van der Waals surface area contributed by atoms with Crippen LogP contribution in [0, 0.1) is 0 Å². The van der Waals surface area contributed by atoms with Crippen molar-refractivity contribution >= 4 is 11.8 Å². The van der Waals surface area contributed by atoms with Crippen molar-refractivity contribution in [3.8, 4) is 0 Å². The van der Waals surface area contributed by atoms with Crippen LogP contribution in [0.4, 0.5) is 0 Å². The summed E-state index contributed by atoms with van der Waals surface area (Å²) in [7, 11) is 0. The molecule has 2 heteroatoms. The third kappa shape index (κ3) is 3.35. The second-order valence-corrected chi connectivity index (χ2v) is 8.42. The summed E-state index contributed by atoms with van der Waals surface area (Å²) in [6.45, 7) is 10.4. The maximum absolute atomic E-state index is 3.79. The number of rotatable bonds is 4. The molecule has 0 aliphatic heterocycles. The predicted octanol–water partition coefficient (Wildman–Crippen LogP) is 4.53. The van der Waals surface area contributed by atoms with Crippen molar-refractivity contribution in [1.29, 1.82) is 0 Å². The first-order valence-electron chi connectivity index (χ1n) is 7.24. The van der Waals surface area contributed by atoms with E-state index in [2.05, 4.69) is 63.5 Å². The van der Waals surface area contributed by atoms with E-state index < -0.39 is 0 Å². The summed E-state index contributed by atoms with van der Waals surface area (Å²) in [6, 6.07) is 9.49. The fraction of sp³-hybridized carbons (Fsp3) is 0.647. The van der Waals surface area contributed by atoms with E-state index >= 15 is 0 Å². The highest BCUT2D eigenvalue weighted by molar-refractivity contribution is 7.99. The molecule has 0 heterocycles. The predicted molar refractivity (Wildman–Crippen MR) is 87.0 cm³/mol. The largest absolute Gasteiger partial charge is 0.309 e. The average Bonchev–Trinajstić information content (AvgIpc) is 2.38. The van der Waals surface area contributed by atoms with E-state index in [9.17, 15) is 0 Å². The van der Waals surface area contributed by atoms with Gasteiger partial charge in [-0.25, -0.2) is 0 Å². The zero-order valence-corrected chi connectivity index (χ0v) is 13.7. The van der Waals surface area contributed by atoms with Gasteiger partial charge in [0, 0.05) is 17.3 Å².